The quantitative estimate of drug-likeness (QED) is 0.287. The molecule has 1 amide bonds. The molecule has 0 bridgehead atoms. The Balaban J connectivity index is 1.51. The summed E-state index contributed by atoms with van der Waals surface area (Å²) in [5, 5.41) is 5.66. The van der Waals surface area contributed by atoms with Crippen molar-refractivity contribution in [3.8, 4) is 22.9 Å². The van der Waals surface area contributed by atoms with E-state index in [1.807, 2.05) is 13.0 Å². The Labute approximate surface area is 209 Å². The minimum atomic E-state index is -4.34. The third-order valence-electron chi connectivity index (χ3n) is 5.87. The number of ether oxygens (including phenoxy) is 1. The number of benzene rings is 2. The smallest absolute Gasteiger partial charge is 0.390 e. The van der Waals surface area contributed by atoms with Gasteiger partial charge in [0.15, 0.2) is 11.5 Å². The fourth-order valence-corrected chi connectivity index (χ4v) is 3.89. The van der Waals surface area contributed by atoms with Crippen molar-refractivity contribution in [3.63, 3.8) is 0 Å². The lowest BCUT2D eigenvalue weighted by Gasteiger charge is -2.13. The number of hydrogen-bond acceptors (Lipinski definition) is 5. The second kappa shape index (κ2) is 9.72. The average Bonchev–Trinajstić information content (AvgIpc) is 3.53. The van der Waals surface area contributed by atoms with E-state index in [1.54, 1.807) is 22.7 Å². The van der Waals surface area contributed by atoms with Gasteiger partial charge in [-0.25, -0.2) is 9.37 Å². The van der Waals surface area contributed by atoms with Crippen LogP contribution in [0.4, 0.5) is 23.4 Å². The van der Waals surface area contributed by atoms with Gasteiger partial charge in [0.25, 0.3) is 5.91 Å². The predicted molar refractivity (Wildman–Crippen MR) is 129 cm³/mol. The summed E-state index contributed by atoms with van der Waals surface area (Å²) in [7, 11) is 0. The van der Waals surface area contributed by atoms with Gasteiger partial charge in [0.05, 0.1) is 24.5 Å². The summed E-state index contributed by atoms with van der Waals surface area (Å²) in [5.41, 5.74) is 2.96. The van der Waals surface area contributed by atoms with Gasteiger partial charge < -0.3 is 15.4 Å². The first-order valence-electron chi connectivity index (χ1n) is 11.7. The summed E-state index contributed by atoms with van der Waals surface area (Å²) in [5.74, 6) is -0.343. The highest BCUT2D eigenvalue weighted by molar-refractivity contribution is 5.96. The van der Waals surface area contributed by atoms with Crippen molar-refractivity contribution < 1.29 is 27.1 Å². The topological polar surface area (TPSA) is 80.6 Å². The molecule has 0 atom stereocenters. The standard InChI is InChI=1S/C26H23F4N5O2/c1-15-11-16(5-8-20(15)25(36)33-18-6-7-18)21-13-32-24-23(31-10-9-26(28,29)30)34-22(14-35(21)24)37-19-4-2-3-17(27)12-19/h2-5,8,11-14,18H,6-7,9-10H2,1H3,(H,31,34)(H,33,36). The summed E-state index contributed by atoms with van der Waals surface area (Å²) in [6.07, 6.45) is -0.342. The molecular formula is C26H23F4N5O2. The summed E-state index contributed by atoms with van der Waals surface area (Å²) >= 11 is 0. The van der Waals surface area contributed by atoms with Crippen molar-refractivity contribution >= 4 is 17.4 Å². The normalized spacial score (nSPS) is 13.5. The number of hydrogen-bond donors (Lipinski definition) is 2. The fraction of sp³-hybridized carbons (Fsp3) is 0.269. The lowest BCUT2D eigenvalue weighted by atomic mass is 10.0. The summed E-state index contributed by atoms with van der Waals surface area (Å²) < 4.78 is 59.2. The molecule has 0 radical (unpaired) electrons. The van der Waals surface area contributed by atoms with Crippen molar-refractivity contribution in [2.45, 2.75) is 38.4 Å². The number of amides is 1. The Morgan fingerprint density at radius 3 is 2.70 bits per heavy atom. The van der Waals surface area contributed by atoms with Crippen LogP contribution in [0, 0.1) is 12.7 Å². The van der Waals surface area contributed by atoms with E-state index in [4.69, 9.17) is 4.74 Å². The number of anilines is 1. The number of nitrogens with one attached hydrogen (secondary N) is 2. The van der Waals surface area contributed by atoms with Gasteiger partial charge in [-0.1, -0.05) is 12.1 Å². The molecular weight excluding hydrogens is 490 g/mol. The molecule has 37 heavy (non-hydrogen) atoms. The molecule has 0 saturated heterocycles. The van der Waals surface area contributed by atoms with Gasteiger partial charge in [0.1, 0.15) is 11.6 Å². The molecule has 5 rings (SSSR count). The second-order valence-corrected chi connectivity index (χ2v) is 8.89. The van der Waals surface area contributed by atoms with Crippen molar-refractivity contribution in [2.75, 3.05) is 11.9 Å². The first-order valence-corrected chi connectivity index (χ1v) is 11.7. The lowest BCUT2D eigenvalue weighted by molar-refractivity contribution is -0.131. The number of nitrogens with zero attached hydrogens (tertiary/aromatic N) is 3. The van der Waals surface area contributed by atoms with Gasteiger partial charge in [-0.3, -0.25) is 9.20 Å². The van der Waals surface area contributed by atoms with E-state index in [2.05, 4.69) is 20.6 Å². The maximum atomic E-state index is 13.7. The van der Waals surface area contributed by atoms with Crippen LogP contribution in [0.5, 0.6) is 11.6 Å². The number of alkyl halides is 3. The van der Waals surface area contributed by atoms with Crippen LogP contribution in [0.15, 0.2) is 54.9 Å². The van der Waals surface area contributed by atoms with E-state index in [0.29, 0.717) is 11.3 Å². The van der Waals surface area contributed by atoms with E-state index >= 15 is 0 Å². The van der Waals surface area contributed by atoms with E-state index in [9.17, 15) is 22.4 Å². The van der Waals surface area contributed by atoms with Crippen LogP contribution in [0.1, 0.15) is 35.2 Å². The number of rotatable bonds is 8. The second-order valence-electron chi connectivity index (χ2n) is 8.89. The van der Waals surface area contributed by atoms with Crippen LogP contribution in [0.25, 0.3) is 16.9 Å². The number of fused-ring (bicyclic) bond motifs is 1. The Hall–Kier alpha value is -4.15. The zero-order valence-electron chi connectivity index (χ0n) is 19.8. The van der Waals surface area contributed by atoms with Crippen LogP contribution in [-0.2, 0) is 0 Å². The molecule has 2 heterocycles. The van der Waals surface area contributed by atoms with Crippen LogP contribution in [0.3, 0.4) is 0 Å². The molecule has 2 aromatic carbocycles. The van der Waals surface area contributed by atoms with Gasteiger partial charge in [0, 0.05) is 29.8 Å². The van der Waals surface area contributed by atoms with Gasteiger partial charge in [0.2, 0.25) is 5.88 Å². The summed E-state index contributed by atoms with van der Waals surface area (Å²) in [6, 6.07) is 11.0. The van der Waals surface area contributed by atoms with E-state index in [0.717, 1.165) is 24.0 Å². The average molecular weight is 513 g/mol. The number of aromatic nitrogens is 3. The zero-order valence-corrected chi connectivity index (χ0v) is 19.8. The van der Waals surface area contributed by atoms with E-state index in [1.165, 1.54) is 30.5 Å². The minimum absolute atomic E-state index is 0.0315. The molecule has 7 nitrogen and oxygen atoms in total. The van der Waals surface area contributed by atoms with Crippen LogP contribution in [0.2, 0.25) is 0 Å². The molecule has 2 aromatic heterocycles. The molecule has 0 spiro atoms. The number of imidazole rings is 1. The largest absolute Gasteiger partial charge is 0.437 e. The predicted octanol–water partition coefficient (Wildman–Crippen LogP) is 5.89. The van der Waals surface area contributed by atoms with Crippen molar-refractivity contribution in [1.82, 2.24) is 19.7 Å². The molecule has 1 fully saturated rings. The summed E-state index contributed by atoms with van der Waals surface area (Å²) in [4.78, 5) is 21.2. The van der Waals surface area contributed by atoms with Crippen LogP contribution >= 0.6 is 0 Å². The molecule has 1 aliphatic carbocycles. The van der Waals surface area contributed by atoms with Crippen molar-refractivity contribution in [3.05, 3.63) is 71.8 Å². The molecule has 11 heteroatoms. The Morgan fingerprint density at radius 2 is 2.00 bits per heavy atom. The summed E-state index contributed by atoms with van der Waals surface area (Å²) in [6.45, 7) is 1.42. The van der Waals surface area contributed by atoms with Gasteiger partial charge >= 0.3 is 6.18 Å². The van der Waals surface area contributed by atoms with Crippen molar-refractivity contribution in [2.24, 2.45) is 0 Å². The van der Waals surface area contributed by atoms with Gasteiger partial charge in [-0.2, -0.15) is 18.2 Å². The monoisotopic (exact) mass is 513 g/mol. The Kier molecular flexibility index (Phi) is 6.45. The first-order chi connectivity index (χ1) is 17.7. The molecule has 4 aromatic rings. The molecule has 0 unspecified atom stereocenters. The maximum absolute atomic E-state index is 13.7. The number of carbonyl (C=O) groups is 1. The third kappa shape index (κ3) is 5.82. The number of halogens is 4. The SMILES string of the molecule is Cc1cc(-c2cnc3c(NCCC(F)(F)F)nc(Oc4cccc(F)c4)cn23)ccc1C(=O)NC1CC1. The van der Waals surface area contributed by atoms with Gasteiger partial charge in [-0.05, 0) is 49.6 Å². The Bertz CT molecular complexity index is 1460. The van der Waals surface area contributed by atoms with Crippen LogP contribution in [-0.4, -0.2) is 39.0 Å². The molecule has 192 valence electrons. The fourth-order valence-electron chi connectivity index (χ4n) is 3.89. The highest BCUT2D eigenvalue weighted by Gasteiger charge is 2.27. The highest BCUT2D eigenvalue weighted by atomic mass is 19.4. The molecule has 1 saturated carbocycles. The van der Waals surface area contributed by atoms with Crippen LogP contribution < -0.4 is 15.4 Å². The van der Waals surface area contributed by atoms with Gasteiger partial charge in [-0.15, -0.1) is 0 Å². The molecule has 0 aliphatic heterocycles. The zero-order chi connectivity index (χ0) is 26.2. The highest BCUT2D eigenvalue weighted by Crippen LogP contribution is 2.30. The maximum Gasteiger partial charge on any atom is 0.390 e. The molecule has 1 aliphatic rings. The molecule has 2 N–H and O–H groups in total. The lowest BCUT2D eigenvalue weighted by Crippen LogP contribution is -2.26. The minimum Gasteiger partial charge on any atom is -0.437 e. The van der Waals surface area contributed by atoms with E-state index < -0.39 is 25.0 Å². The van der Waals surface area contributed by atoms with Crippen molar-refractivity contribution in [1.29, 1.82) is 0 Å². The first kappa shape index (κ1) is 24.5. The number of aryl methyl sites for hydroxylation is 1. The Morgan fingerprint density at radius 1 is 1.19 bits per heavy atom. The third-order valence-corrected chi connectivity index (χ3v) is 5.87. The number of carbonyl (C=O) groups excluding carboxylic acids is 1. The van der Waals surface area contributed by atoms with E-state index in [-0.39, 0.29) is 35.0 Å².